The van der Waals surface area contributed by atoms with Gasteiger partial charge in [0.25, 0.3) is 0 Å². The summed E-state index contributed by atoms with van der Waals surface area (Å²) in [6.07, 6.45) is 1.61. The molecule has 8 heteroatoms. The van der Waals surface area contributed by atoms with E-state index in [0.29, 0.717) is 18.9 Å². The molecule has 2 aromatic carbocycles. The molecule has 4 rings (SSSR count). The summed E-state index contributed by atoms with van der Waals surface area (Å²) in [4.78, 5) is 20.0. The van der Waals surface area contributed by atoms with Crippen molar-refractivity contribution in [2.45, 2.75) is 13.2 Å². The molecule has 1 fully saturated rings. The van der Waals surface area contributed by atoms with Crippen molar-refractivity contribution < 1.29 is 23.4 Å². The van der Waals surface area contributed by atoms with E-state index in [1.165, 1.54) is 6.07 Å². The van der Waals surface area contributed by atoms with Crippen molar-refractivity contribution in [3.8, 4) is 5.75 Å². The van der Waals surface area contributed by atoms with Crippen LogP contribution in [-0.2, 0) is 13.2 Å². The molecule has 1 aliphatic heterocycles. The summed E-state index contributed by atoms with van der Waals surface area (Å²) in [6.45, 7) is 3.78. The fourth-order valence-electron chi connectivity index (χ4n) is 3.71. The van der Waals surface area contributed by atoms with E-state index in [0.717, 1.165) is 42.9 Å². The summed E-state index contributed by atoms with van der Waals surface area (Å²) in [6, 6.07) is 14.6. The van der Waals surface area contributed by atoms with E-state index < -0.39 is 17.6 Å². The second-order valence-electron chi connectivity index (χ2n) is 7.60. The summed E-state index contributed by atoms with van der Waals surface area (Å²) in [5, 5.41) is 9.37. The molecule has 3 aromatic rings. The molecule has 2 heterocycles. The van der Waals surface area contributed by atoms with Crippen LogP contribution < -0.4 is 9.64 Å². The highest BCUT2D eigenvalue weighted by molar-refractivity contribution is 5.93. The largest absolute Gasteiger partial charge is 0.483 e. The van der Waals surface area contributed by atoms with Crippen LogP contribution in [0.4, 0.5) is 14.6 Å². The minimum Gasteiger partial charge on any atom is -0.483 e. The Morgan fingerprint density at radius 1 is 0.938 bits per heavy atom. The predicted molar refractivity (Wildman–Crippen MR) is 116 cm³/mol. The first-order valence-corrected chi connectivity index (χ1v) is 10.3. The molecule has 0 spiro atoms. The van der Waals surface area contributed by atoms with Gasteiger partial charge in [0.2, 0.25) is 0 Å². The lowest BCUT2D eigenvalue weighted by atomic mass is 10.1. The number of piperazine rings is 1. The lowest BCUT2D eigenvalue weighted by Crippen LogP contribution is -2.46. The highest BCUT2D eigenvalue weighted by Gasteiger charge is 2.22. The first-order valence-electron chi connectivity index (χ1n) is 10.3. The van der Waals surface area contributed by atoms with E-state index in [4.69, 9.17) is 4.74 Å². The number of halogens is 2. The van der Waals surface area contributed by atoms with E-state index in [2.05, 4.69) is 9.88 Å². The van der Waals surface area contributed by atoms with Crippen molar-refractivity contribution >= 4 is 11.8 Å². The van der Waals surface area contributed by atoms with Gasteiger partial charge in [-0.3, -0.25) is 4.90 Å². The molecule has 6 nitrogen and oxygen atoms in total. The molecule has 0 saturated carbocycles. The number of benzene rings is 2. The van der Waals surface area contributed by atoms with Crippen LogP contribution in [0.25, 0.3) is 0 Å². The number of aromatic nitrogens is 1. The summed E-state index contributed by atoms with van der Waals surface area (Å²) in [5.41, 5.74) is 2.15. The van der Waals surface area contributed by atoms with Crippen molar-refractivity contribution in [3.05, 3.63) is 89.1 Å². The molecule has 1 N–H and O–H groups in total. The average molecular weight is 439 g/mol. The van der Waals surface area contributed by atoms with Crippen molar-refractivity contribution in [1.29, 1.82) is 0 Å². The number of pyridine rings is 1. The van der Waals surface area contributed by atoms with Gasteiger partial charge < -0.3 is 14.7 Å². The fourth-order valence-corrected chi connectivity index (χ4v) is 3.71. The summed E-state index contributed by atoms with van der Waals surface area (Å²) >= 11 is 0. The number of ether oxygens (including phenoxy) is 1. The molecule has 0 atom stereocenters. The van der Waals surface area contributed by atoms with E-state index in [-0.39, 0.29) is 17.9 Å². The zero-order valence-corrected chi connectivity index (χ0v) is 17.4. The van der Waals surface area contributed by atoms with Crippen molar-refractivity contribution in [2.75, 3.05) is 31.1 Å². The summed E-state index contributed by atoms with van der Waals surface area (Å²) < 4.78 is 32.6. The monoisotopic (exact) mass is 439 g/mol. The maximum Gasteiger partial charge on any atom is 0.339 e. The number of hydrogen-bond donors (Lipinski definition) is 1. The van der Waals surface area contributed by atoms with Crippen LogP contribution in [0.3, 0.4) is 0 Å². The standard InChI is InChI=1S/C24H23F2N3O3/c25-20-4-1-5-21(26)22(20)32-16-18-8-6-17(7-9-18)15-28-11-13-29(14-12-28)23-19(24(30)31)3-2-10-27-23/h1-10H,11-16H2,(H,30,31). The Morgan fingerprint density at radius 2 is 1.59 bits per heavy atom. The maximum absolute atomic E-state index is 13.7. The Balaban J connectivity index is 1.30. The molecule has 0 radical (unpaired) electrons. The van der Waals surface area contributed by atoms with Crippen molar-refractivity contribution in [3.63, 3.8) is 0 Å². The third-order valence-corrected chi connectivity index (χ3v) is 5.42. The molecule has 1 saturated heterocycles. The predicted octanol–water partition coefficient (Wildman–Crippen LogP) is 3.96. The van der Waals surface area contributed by atoms with Gasteiger partial charge >= 0.3 is 5.97 Å². The number of carboxylic acid groups (broad SMARTS) is 1. The molecule has 166 valence electrons. The maximum atomic E-state index is 13.7. The summed E-state index contributed by atoms with van der Waals surface area (Å²) in [5.74, 6) is -2.27. The van der Waals surface area contributed by atoms with Gasteiger partial charge in [-0.05, 0) is 35.4 Å². The highest BCUT2D eigenvalue weighted by Crippen LogP contribution is 2.23. The molecular weight excluding hydrogens is 416 g/mol. The Hall–Kier alpha value is -3.52. The van der Waals surface area contributed by atoms with Crippen LogP contribution >= 0.6 is 0 Å². The van der Waals surface area contributed by atoms with E-state index in [1.807, 2.05) is 29.2 Å². The Morgan fingerprint density at radius 3 is 2.25 bits per heavy atom. The number of carboxylic acids is 1. The number of aromatic carboxylic acids is 1. The lowest BCUT2D eigenvalue weighted by Gasteiger charge is -2.35. The third-order valence-electron chi connectivity index (χ3n) is 5.42. The zero-order valence-electron chi connectivity index (χ0n) is 17.4. The second-order valence-corrected chi connectivity index (χ2v) is 7.60. The Labute approximate surface area is 184 Å². The van der Waals surface area contributed by atoms with Gasteiger partial charge in [-0.2, -0.15) is 0 Å². The molecule has 0 aliphatic carbocycles. The summed E-state index contributed by atoms with van der Waals surface area (Å²) in [7, 11) is 0. The highest BCUT2D eigenvalue weighted by atomic mass is 19.1. The number of anilines is 1. The minimum absolute atomic E-state index is 0.0762. The van der Waals surface area contributed by atoms with Crippen molar-refractivity contribution in [1.82, 2.24) is 9.88 Å². The van der Waals surface area contributed by atoms with Crippen LogP contribution in [0.5, 0.6) is 5.75 Å². The first kappa shape index (κ1) is 21.7. The SMILES string of the molecule is O=C(O)c1cccnc1N1CCN(Cc2ccc(COc3c(F)cccc3F)cc2)CC1. The molecule has 32 heavy (non-hydrogen) atoms. The van der Waals surface area contributed by atoms with E-state index in [1.54, 1.807) is 18.3 Å². The smallest absolute Gasteiger partial charge is 0.339 e. The normalized spacial score (nSPS) is 14.4. The molecule has 1 aromatic heterocycles. The molecule has 0 amide bonds. The lowest BCUT2D eigenvalue weighted by molar-refractivity contribution is 0.0697. The second kappa shape index (κ2) is 9.74. The first-order chi connectivity index (χ1) is 15.5. The van der Waals surface area contributed by atoms with Crippen LogP contribution in [0, 0.1) is 11.6 Å². The van der Waals surface area contributed by atoms with Crippen molar-refractivity contribution in [2.24, 2.45) is 0 Å². The van der Waals surface area contributed by atoms with Gasteiger partial charge in [-0.15, -0.1) is 0 Å². The Bertz CT molecular complexity index is 1060. The van der Waals surface area contributed by atoms with Crippen LogP contribution in [0.15, 0.2) is 60.8 Å². The molecular formula is C24H23F2N3O3. The Kier molecular flexibility index (Phi) is 6.61. The number of carbonyl (C=O) groups is 1. The fraction of sp³-hybridized carbons (Fsp3) is 0.250. The zero-order chi connectivity index (χ0) is 22.5. The number of nitrogens with zero attached hydrogens (tertiary/aromatic N) is 3. The molecule has 0 bridgehead atoms. The minimum atomic E-state index is -0.975. The number of hydrogen-bond acceptors (Lipinski definition) is 5. The third kappa shape index (κ3) is 5.03. The average Bonchev–Trinajstić information content (AvgIpc) is 2.80. The molecule has 1 aliphatic rings. The van der Waals surface area contributed by atoms with Gasteiger partial charge in [0.15, 0.2) is 17.4 Å². The molecule has 0 unspecified atom stereocenters. The topological polar surface area (TPSA) is 65.9 Å². The van der Waals surface area contributed by atoms with E-state index >= 15 is 0 Å². The number of para-hydroxylation sites is 1. The van der Waals surface area contributed by atoms with E-state index in [9.17, 15) is 18.7 Å². The van der Waals surface area contributed by atoms with Crippen LogP contribution in [-0.4, -0.2) is 47.1 Å². The van der Waals surface area contributed by atoms with Gasteiger partial charge in [-0.25, -0.2) is 18.6 Å². The number of rotatable bonds is 7. The van der Waals surface area contributed by atoms with Gasteiger partial charge in [-0.1, -0.05) is 30.3 Å². The van der Waals surface area contributed by atoms with Gasteiger partial charge in [0.1, 0.15) is 18.0 Å². The van der Waals surface area contributed by atoms with Gasteiger partial charge in [0, 0.05) is 38.9 Å². The van der Waals surface area contributed by atoms with Gasteiger partial charge in [0.05, 0.1) is 0 Å². The van der Waals surface area contributed by atoms with Crippen LogP contribution in [0.1, 0.15) is 21.5 Å². The quantitative estimate of drug-likeness (QED) is 0.601. The van der Waals surface area contributed by atoms with Crippen LogP contribution in [0.2, 0.25) is 0 Å².